The van der Waals surface area contributed by atoms with Crippen LogP contribution in [0.2, 0.25) is 0 Å². The van der Waals surface area contributed by atoms with Gasteiger partial charge >= 0.3 is 6.03 Å². The van der Waals surface area contributed by atoms with Crippen molar-refractivity contribution >= 4 is 17.7 Å². The van der Waals surface area contributed by atoms with Crippen LogP contribution in [0.3, 0.4) is 0 Å². The number of carbonyl (C=O) groups is 3. The first kappa shape index (κ1) is 20.8. The highest BCUT2D eigenvalue weighted by Gasteiger charge is 2.49. The molecule has 29 heavy (non-hydrogen) atoms. The molecule has 0 aliphatic carbocycles. The lowest BCUT2D eigenvalue weighted by Gasteiger charge is -2.24. The molecule has 1 heterocycles. The SMILES string of the molecule is CCc1ccc(C(=O)CN2C(=O)N[C@](C)(c3ccc(C(C)(C)C)cc3)C2=O)cc1. The van der Waals surface area contributed by atoms with Gasteiger partial charge in [0.25, 0.3) is 5.91 Å². The van der Waals surface area contributed by atoms with Crippen LogP contribution in [0, 0.1) is 0 Å². The normalized spacial score (nSPS) is 19.4. The van der Waals surface area contributed by atoms with Gasteiger partial charge in [-0.25, -0.2) is 4.79 Å². The van der Waals surface area contributed by atoms with Crippen molar-refractivity contribution in [2.24, 2.45) is 0 Å². The van der Waals surface area contributed by atoms with Crippen LogP contribution in [0.4, 0.5) is 4.79 Å². The Morgan fingerprint density at radius 3 is 2.10 bits per heavy atom. The monoisotopic (exact) mass is 392 g/mol. The number of Topliss-reactive ketones (excluding diaryl/α,β-unsaturated/α-hetero) is 1. The quantitative estimate of drug-likeness (QED) is 0.613. The van der Waals surface area contributed by atoms with E-state index in [1.54, 1.807) is 19.1 Å². The molecule has 1 aliphatic rings. The van der Waals surface area contributed by atoms with E-state index >= 15 is 0 Å². The van der Waals surface area contributed by atoms with Gasteiger partial charge in [0.1, 0.15) is 5.54 Å². The number of amides is 3. The molecular formula is C24H28N2O3. The van der Waals surface area contributed by atoms with Crippen molar-refractivity contribution in [1.82, 2.24) is 10.2 Å². The zero-order valence-electron chi connectivity index (χ0n) is 17.7. The topological polar surface area (TPSA) is 66.5 Å². The third-order valence-electron chi connectivity index (χ3n) is 5.59. The molecule has 1 saturated heterocycles. The molecule has 2 aromatic carbocycles. The van der Waals surface area contributed by atoms with Gasteiger partial charge in [-0.3, -0.25) is 14.5 Å². The van der Waals surface area contributed by atoms with Crippen molar-refractivity contribution in [3.8, 4) is 0 Å². The van der Waals surface area contributed by atoms with Crippen LogP contribution in [-0.2, 0) is 22.2 Å². The predicted molar refractivity (Wildman–Crippen MR) is 113 cm³/mol. The number of nitrogens with one attached hydrogen (secondary N) is 1. The van der Waals surface area contributed by atoms with Gasteiger partial charge in [0.2, 0.25) is 0 Å². The molecule has 3 rings (SSSR count). The molecule has 0 aromatic heterocycles. The van der Waals surface area contributed by atoms with E-state index in [1.807, 2.05) is 43.3 Å². The molecule has 1 fully saturated rings. The van der Waals surface area contributed by atoms with E-state index in [0.29, 0.717) is 11.1 Å². The second-order valence-corrected chi connectivity index (χ2v) is 8.75. The maximum Gasteiger partial charge on any atom is 0.325 e. The van der Waals surface area contributed by atoms with E-state index in [9.17, 15) is 14.4 Å². The number of benzene rings is 2. The number of hydrogen-bond donors (Lipinski definition) is 1. The summed E-state index contributed by atoms with van der Waals surface area (Å²) in [6.07, 6.45) is 0.883. The Labute approximate surface area is 172 Å². The maximum atomic E-state index is 13.1. The minimum absolute atomic E-state index is 0.00581. The fourth-order valence-electron chi connectivity index (χ4n) is 3.50. The molecule has 0 bridgehead atoms. The van der Waals surface area contributed by atoms with Gasteiger partial charge in [-0.05, 0) is 35.4 Å². The number of hydrogen-bond acceptors (Lipinski definition) is 3. The molecule has 1 atom stereocenters. The lowest BCUT2D eigenvalue weighted by atomic mass is 9.84. The molecule has 152 valence electrons. The van der Waals surface area contributed by atoms with Crippen molar-refractivity contribution in [2.75, 3.05) is 6.54 Å². The van der Waals surface area contributed by atoms with Crippen LogP contribution in [0.15, 0.2) is 48.5 Å². The van der Waals surface area contributed by atoms with Gasteiger partial charge in [0, 0.05) is 5.56 Å². The van der Waals surface area contributed by atoms with Gasteiger partial charge in [-0.2, -0.15) is 0 Å². The molecule has 5 nitrogen and oxygen atoms in total. The van der Waals surface area contributed by atoms with Crippen LogP contribution in [0.1, 0.15) is 61.7 Å². The number of imide groups is 1. The maximum absolute atomic E-state index is 13.1. The number of ketones is 1. The van der Waals surface area contributed by atoms with Gasteiger partial charge in [0.15, 0.2) is 5.78 Å². The summed E-state index contributed by atoms with van der Waals surface area (Å²) < 4.78 is 0. The fraction of sp³-hybridized carbons (Fsp3) is 0.375. The average Bonchev–Trinajstić information content (AvgIpc) is 2.91. The molecule has 5 heteroatoms. The van der Waals surface area contributed by atoms with Crippen molar-refractivity contribution in [1.29, 1.82) is 0 Å². The number of carbonyl (C=O) groups excluding carboxylic acids is 3. The molecule has 2 aromatic rings. The molecule has 0 spiro atoms. The summed E-state index contributed by atoms with van der Waals surface area (Å²) in [4.78, 5) is 39.2. The number of nitrogens with zero attached hydrogens (tertiary/aromatic N) is 1. The highest BCUT2D eigenvalue weighted by atomic mass is 16.2. The lowest BCUT2D eigenvalue weighted by Crippen LogP contribution is -2.41. The number of urea groups is 1. The lowest BCUT2D eigenvalue weighted by molar-refractivity contribution is -0.130. The summed E-state index contributed by atoms with van der Waals surface area (Å²) in [6.45, 7) is 9.80. The molecule has 3 amide bonds. The number of rotatable bonds is 5. The van der Waals surface area contributed by atoms with E-state index in [-0.39, 0.29) is 17.7 Å². The fourth-order valence-corrected chi connectivity index (χ4v) is 3.50. The smallest absolute Gasteiger partial charge is 0.319 e. The largest absolute Gasteiger partial charge is 0.325 e. The van der Waals surface area contributed by atoms with E-state index < -0.39 is 17.5 Å². The highest BCUT2D eigenvalue weighted by molar-refractivity contribution is 6.11. The molecular weight excluding hydrogens is 364 g/mol. The Morgan fingerprint density at radius 2 is 1.59 bits per heavy atom. The first-order chi connectivity index (χ1) is 13.6. The summed E-state index contributed by atoms with van der Waals surface area (Å²) in [6, 6.07) is 14.4. The Morgan fingerprint density at radius 1 is 1.00 bits per heavy atom. The Hall–Kier alpha value is -2.95. The van der Waals surface area contributed by atoms with Crippen LogP contribution in [0.25, 0.3) is 0 Å². The molecule has 1 N–H and O–H groups in total. The first-order valence-corrected chi connectivity index (χ1v) is 9.93. The Kier molecular flexibility index (Phi) is 5.35. The van der Waals surface area contributed by atoms with Gasteiger partial charge in [0.05, 0.1) is 6.54 Å². The van der Waals surface area contributed by atoms with Crippen LogP contribution >= 0.6 is 0 Å². The second-order valence-electron chi connectivity index (χ2n) is 8.75. The van der Waals surface area contributed by atoms with Gasteiger partial charge in [-0.1, -0.05) is 76.2 Å². The van der Waals surface area contributed by atoms with Crippen LogP contribution < -0.4 is 5.32 Å². The molecule has 0 radical (unpaired) electrons. The van der Waals surface area contributed by atoms with Crippen molar-refractivity contribution < 1.29 is 14.4 Å². The molecule has 1 aliphatic heterocycles. The molecule has 0 saturated carbocycles. The minimum atomic E-state index is -1.18. The van der Waals surface area contributed by atoms with Gasteiger partial charge < -0.3 is 5.32 Å². The second kappa shape index (κ2) is 7.47. The van der Waals surface area contributed by atoms with E-state index in [1.165, 1.54) is 0 Å². The summed E-state index contributed by atoms with van der Waals surface area (Å²) in [5.41, 5.74) is 2.28. The summed E-state index contributed by atoms with van der Waals surface area (Å²) in [5, 5.41) is 2.76. The third-order valence-corrected chi connectivity index (χ3v) is 5.59. The van der Waals surface area contributed by atoms with Crippen LogP contribution in [0.5, 0.6) is 0 Å². The summed E-state index contributed by atoms with van der Waals surface area (Å²) in [5.74, 6) is -0.673. The first-order valence-electron chi connectivity index (χ1n) is 9.93. The van der Waals surface area contributed by atoms with Crippen LogP contribution in [-0.4, -0.2) is 29.2 Å². The summed E-state index contributed by atoms with van der Waals surface area (Å²) >= 11 is 0. The third kappa shape index (κ3) is 3.95. The number of aryl methyl sites for hydroxylation is 1. The summed E-state index contributed by atoms with van der Waals surface area (Å²) in [7, 11) is 0. The minimum Gasteiger partial charge on any atom is -0.319 e. The van der Waals surface area contributed by atoms with Crippen molar-refractivity contribution in [2.45, 2.75) is 52.0 Å². The van der Waals surface area contributed by atoms with Crippen molar-refractivity contribution in [3.63, 3.8) is 0 Å². The van der Waals surface area contributed by atoms with E-state index in [0.717, 1.165) is 22.4 Å². The highest BCUT2D eigenvalue weighted by Crippen LogP contribution is 2.31. The standard InChI is InChI=1S/C24H28N2O3/c1-6-16-7-9-17(10-8-16)20(27)15-26-21(28)24(5,25-22(26)29)19-13-11-18(12-14-19)23(2,3)4/h7-14H,6,15H2,1-5H3,(H,25,29)/t24-/m1/s1. The Bertz CT molecular complexity index is 940. The van der Waals surface area contributed by atoms with Gasteiger partial charge in [-0.15, -0.1) is 0 Å². The molecule has 0 unspecified atom stereocenters. The van der Waals surface area contributed by atoms with Crippen molar-refractivity contribution in [3.05, 3.63) is 70.8 Å². The van der Waals surface area contributed by atoms with E-state index in [4.69, 9.17) is 0 Å². The Balaban J connectivity index is 1.80. The zero-order chi connectivity index (χ0) is 21.4. The van der Waals surface area contributed by atoms with E-state index in [2.05, 4.69) is 26.1 Å². The zero-order valence-corrected chi connectivity index (χ0v) is 17.7. The average molecular weight is 392 g/mol. The predicted octanol–water partition coefficient (Wildman–Crippen LogP) is 4.20.